The van der Waals surface area contributed by atoms with Crippen molar-refractivity contribution in [3.8, 4) is 0 Å². The standard InChI is InChI=1S/C15H13NO2/c1-15(17,14-7-4-8-18-14)13-10-16-9-11-5-2-3-6-12(11)13/h2-10,17H,1H3. The summed E-state index contributed by atoms with van der Waals surface area (Å²) in [6.45, 7) is 1.72. The third kappa shape index (κ3) is 1.60. The minimum Gasteiger partial charge on any atom is -0.466 e. The lowest BCUT2D eigenvalue weighted by Gasteiger charge is -2.22. The Morgan fingerprint density at radius 3 is 2.72 bits per heavy atom. The molecule has 1 N–H and O–H groups in total. The SMILES string of the molecule is CC(O)(c1ccco1)c1cncc2ccccc12. The van der Waals surface area contributed by atoms with Gasteiger partial charge in [-0.1, -0.05) is 24.3 Å². The second kappa shape index (κ2) is 3.96. The summed E-state index contributed by atoms with van der Waals surface area (Å²) in [6.07, 6.45) is 5.03. The zero-order valence-electron chi connectivity index (χ0n) is 10.00. The summed E-state index contributed by atoms with van der Waals surface area (Å²) < 4.78 is 5.32. The van der Waals surface area contributed by atoms with Gasteiger partial charge in [0.05, 0.1) is 6.26 Å². The van der Waals surface area contributed by atoms with Crippen LogP contribution in [0.2, 0.25) is 0 Å². The van der Waals surface area contributed by atoms with E-state index in [1.54, 1.807) is 37.7 Å². The second-order valence-corrected chi connectivity index (χ2v) is 4.46. The fraction of sp³-hybridized carbons (Fsp3) is 0.133. The fourth-order valence-electron chi connectivity index (χ4n) is 2.19. The van der Waals surface area contributed by atoms with Gasteiger partial charge in [-0.15, -0.1) is 0 Å². The Balaban J connectivity index is 2.26. The minimum absolute atomic E-state index is 0.514. The molecule has 3 rings (SSSR count). The van der Waals surface area contributed by atoms with E-state index in [1.165, 1.54) is 0 Å². The number of hydrogen-bond donors (Lipinski definition) is 1. The van der Waals surface area contributed by atoms with E-state index in [9.17, 15) is 5.11 Å². The van der Waals surface area contributed by atoms with E-state index < -0.39 is 5.60 Å². The Bertz CT molecular complexity index is 667. The van der Waals surface area contributed by atoms with Gasteiger partial charge in [-0.3, -0.25) is 4.98 Å². The molecule has 18 heavy (non-hydrogen) atoms. The van der Waals surface area contributed by atoms with Crippen molar-refractivity contribution in [2.45, 2.75) is 12.5 Å². The van der Waals surface area contributed by atoms with Gasteiger partial charge in [-0.05, 0) is 24.4 Å². The van der Waals surface area contributed by atoms with E-state index in [0.29, 0.717) is 5.76 Å². The lowest BCUT2D eigenvalue weighted by atomic mass is 9.91. The van der Waals surface area contributed by atoms with Gasteiger partial charge in [0.1, 0.15) is 11.4 Å². The highest BCUT2D eigenvalue weighted by Gasteiger charge is 2.30. The monoisotopic (exact) mass is 239 g/mol. The first-order valence-corrected chi connectivity index (χ1v) is 5.79. The van der Waals surface area contributed by atoms with E-state index in [4.69, 9.17) is 4.42 Å². The third-order valence-corrected chi connectivity index (χ3v) is 3.19. The van der Waals surface area contributed by atoms with Gasteiger partial charge in [0.2, 0.25) is 0 Å². The van der Waals surface area contributed by atoms with Gasteiger partial charge in [0.15, 0.2) is 0 Å². The minimum atomic E-state index is -1.18. The molecule has 0 saturated carbocycles. The number of furan rings is 1. The number of hydrogen-bond acceptors (Lipinski definition) is 3. The summed E-state index contributed by atoms with van der Waals surface area (Å²) in [5.41, 5.74) is -0.437. The molecule has 0 aliphatic heterocycles. The van der Waals surface area contributed by atoms with Gasteiger partial charge in [0, 0.05) is 23.3 Å². The van der Waals surface area contributed by atoms with Gasteiger partial charge in [-0.25, -0.2) is 0 Å². The summed E-state index contributed by atoms with van der Waals surface area (Å²) in [5, 5.41) is 12.7. The summed E-state index contributed by atoms with van der Waals surface area (Å²) in [6, 6.07) is 11.4. The first-order chi connectivity index (χ1) is 8.69. The summed E-state index contributed by atoms with van der Waals surface area (Å²) >= 11 is 0. The van der Waals surface area contributed by atoms with Crippen molar-refractivity contribution in [1.29, 1.82) is 0 Å². The van der Waals surface area contributed by atoms with Crippen LogP contribution in [0.5, 0.6) is 0 Å². The summed E-state index contributed by atoms with van der Waals surface area (Å²) in [5.74, 6) is 0.514. The van der Waals surface area contributed by atoms with Crippen LogP contribution >= 0.6 is 0 Å². The lowest BCUT2D eigenvalue weighted by molar-refractivity contribution is 0.0779. The Kier molecular flexibility index (Phi) is 2.42. The van der Waals surface area contributed by atoms with Crippen LogP contribution < -0.4 is 0 Å². The molecule has 90 valence electrons. The molecule has 2 aromatic heterocycles. The Morgan fingerprint density at radius 1 is 1.11 bits per heavy atom. The van der Waals surface area contributed by atoms with Crippen LogP contribution in [-0.2, 0) is 5.60 Å². The van der Waals surface area contributed by atoms with Gasteiger partial charge in [0.25, 0.3) is 0 Å². The summed E-state index contributed by atoms with van der Waals surface area (Å²) in [4.78, 5) is 4.19. The van der Waals surface area contributed by atoms with Crippen molar-refractivity contribution >= 4 is 10.8 Å². The predicted molar refractivity (Wildman–Crippen MR) is 69.1 cm³/mol. The number of benzene rings is 1. The first kappa shape index (κ1) is 11.0. The number of nitrogens with zero attached hydrogens (tertiary/aromatic N) is 1. The molecular weight excluding hydrogens is 226 g/mol. The topological polar surface area (TPSA) is 46.3 Å². The molecule has 0 radical (unpaired) electrons. The zero-order valence-corrected chi connectivity index (χ0v) is 10.00. The molecule has 0 fully saturated rings. The molecule has 1 unspecified atom stereocenters. The quantitative estimate of drug-likeness (QED) is 0.747. The van der Waals surface area contributed by atoms with Crippen molar-refractivity contribution in [1.82, 2.24) is 4.98 Å². The number of aromatic nitrogens is 1. The van der Waals surface area contributed by atoms with E-state index >= 15 is 0 Å². The maximum atomic E-state index is 10.7. The Morgan fingerprint density at radius 2 is 1.94 bits per heavy atom. The Labute approximate surface area is 105 Å². The molecule has 2 heterocycles. The average Bonchev–Trinajstić information content (AvgIpc) is 2.92. The molecule has 3 nitrogen and oxygen atoms in total. The van der Waals surface area contributed by atoms with E-state index in [-0.39, 0.29) is 0 Å². The third-order valence-electron chi connectivity index (χ3n) is 3.19. The first-order valence-electron chi connectivity index (χ1n) is 5.79. The highest BCUT2D eigenvalue weighted by atomic mass is 16.4. The lowest BCUT2D eigenvalue weighted by Crippen LogP contribution is -2.22. The smallest absolute Gasteiger partial charge is 0.146 e. The molecule has 0 spiro atoms. The van der Waals surface area contributed by atoms with Gasteiger partial charge < -0.3 is 9.52 Å². The zero-order chi connectivity index (χ0) is 12.6. The van der Waals surface area contributed by atoms with Gasteiger partial charge in [-0.2, -0.15) is 0 Å². The second-order valence-electron chi connectivity index (χ2n) is 4.46. The van der Waals surface area contributed by atoms with Crippen molar-refractivity contribution in [3.05, 3.63) is 66.4 Å². The van der Waals surface area contributed by atoms with E-state index in [0.717, 1.165) is 16.3 Å². The van der Waals surface area contributed by atoms with Crippen molar-refractivity contribution in [3.63, 3.8) is 0 Å². The molecule has 0 bridgehead atoms. The van der Waals surface area contributed by atoms with Crippen molar-refractivity contribution in [2.24, 2.45) is 0 Å². The van der Waals surface area contributed by atoms with Crippen molar-refractivity contribution < 1.29 is 9.52 Å². The predicted octanol–water partition coefficient (Wildman–Crippen LogP) is 3.08. The maximum absolute atomic E-state index is 10.7. The van der Waals surface area contributed by atoms with Crippen LogP contribution in [0.15, 0.2) is 59.5 Å². The average molecular weight is 239 g/mol. The maximum Gasteiger partial charge on any atom is 0.146 e. The number of pyridine rings is 1. The van der Waals surface area contributed by atoms with Gasteiger partial charge >= 0.3 is 0 Å². The highest BCUT2D eigenvalue weighted by molar-refractivity contribution is 5.85. The Hall–Kier alpha value is -2.13. The van der Waals surface area contributed by atoms with Crippen LogP contribution in [0.3, 0.4) is 0 Å². The number of aliphatic hydroxyl groups is 1. The van der Waals surface area contributed by atoms with Crippen LogP contribution in [0.25, 0.3) is 10.8 Å². The molecule has 0 saturated heterocycles. The number of rotatable bonds is 2. The largest absolute Gasteiger partial charge is 0.466 e. The fourth-order valence-corrected chi connectivity index (χ4v) is 2.19. The molecule has 0 aliphatic rings. The van der Waals surface area contributed by atoms with E-state index in [1.807, 2.05) is 24.3 Å². The summed E-state index contributed by atoms with van der Waals surface area (Å²) in [7, 11) is 0. The molecule has 0 amide bonds. The normalized spacial score (nSPS) is 14.6. The highest BCUT2D eigenvalue weighted by Crippen LogP contribution is 2.33. The van der Waals surface area contributed by atoms with Crippen LogP contribution in [0.1, 0.15) is 18.2 Å². The van der Waals surface area contributed by atoms with E-state index in [2.05, 4.69) is 4.98 Å². The molecular formula is C15H13NO2. The molecule has 1 aromatic carbocycles. The molecule has 3 heteroatoms. The molecule has 3 aromatic rings. The van der Waals surface area contributed by atoms with Crippen LogP contribution in [0.4, 0.5) is 0 Å². The molecule has 0 aliphatic carbocycles. The van der Waals surface area contributed by atoms with Crippen molar-refractivity contribution in [2.75, 3.05) is 0 Å². The number of fused-ring (bicyclic) bond motifs is 1. The molecule has 1 atom stereocenters. The van der Waals surface area contributed by atoms with Crippen LogP contribution in [-0.4, -0.2) is 10.1 Å². The van der Waals surface area contributed by atoms with Crippen LogP contribution in [0, 0.1) is 0 Å².